The summed E-state index contributed by atoms with van der Waals surface area (Å²) in [5.74, 6) is 2.91. The minimum Gasteiger partial charge on any atom is -0.357 e. The first-order valence-corrected chi connectivity index (χ1v) is 9.67. The van der Waals surface area contributed by atoms with E-state index in [1.165, 1.54) is 19.3 Å². The maximum absolute atomic E-state index is 6.10. The van der Waals surface area contributed by atoms with Crippen LogP contribution in [-0.2, 0) is 33.1 Å². The molecular weight excluding hydrogens is 477 g/mol. The number of aromatic nitrogens is 4. The molecule has 150 valence electrons. The second-order valence-electron chi connectivity index (χ2n) is 6.78. The number of nitrogens with one attached hydrogen (secondary N) is 1. The Morgan fingerprint density at radius 2 is 2.15 bits per heavy atom. The third kappa shape index (κ3) is 5.60. The molecule has 3 heterocycles. The lowest BCUT2D eigenvalue weighted by molar-refractivity contribution is 0.461. The molecule has 0 saturated carbocycles. The minimum absolute atomic E-state index is 0. The lowest BCUT2D eigenvalue weighted by atomic mass is 10.2. The van der Waals surface area contributed by atoms with Gasteiger partial charge in [0.05, 0.1) is 11.6 Å². The highest BCUT2D eigenvalue weighted by Gasteiger charge is 2.15. The van der Waals surface area contributed by atoms with Gasteiger partial charge >= 0.3 is 0 Å². The van der Waals surface area contributed by atoms with Gasteiger partial charge in [-0.2, -0.15) is 0 Å². The van der Waals surface area contributed by atoms with Crippen LogP contribution in [0.5, 0.6) is 0 Å². The first-order valence-electron chi connectivity index (χ1n) is 9.29. The molecule has 9 heteroatoms. The zero-order valence-electron chi connectivity index (χ0n) is 16.3. The number of guanidine groups is 1. The number of rotatable bonds is 5. The van der Waals surface area contributed by atoms with Crippen LogP contribution in [0.25, 0.3) is 0 Å². The maximum atomic E-state index is 6.10. The van der Waals surface area contributed by atoms with E-state index in [9.17, 15) is 0 Å². The average Bonchev–Trinajstić information content (AvgIpc) is 3.03. The summed E-state index contributed by atoms with van der Waals surface area (Å²) in [6.45, 7) is 5.16. The van der Waals surface area contributed by atoms with Crippen LogP contribution in [0.1, 0.15) is 43.5 Å². The van der Waals surface area contributed by atoms with Gasteiger partial charge in [-0.1, -0.05) is 18.0 Å². The normalized spacial score (nSPS) is 14.3. The Balaban J connectivity index is 0.00000261. The number of nitrogens with zero attached hydrogens (tertiary/aromatic N) is 6. The molecule has 2 aromatic heterocycles. The van der Waals surface area contributed by atoms with Crippen LogP contribution in [0.15, 0.2) is 17.3 Å². The second kappa shape index (κ2) is 10.3. The van der Waals surface area contributed by atoms with Crippen molar-refractivity contribution in [3.8, 4) is 0 Å². The molecule has 0 atom stereocenters. The third-order valence-corrected chi connectivity index (χ3v) is 4.93. The molecule has 3 rings (SSSR count). The van der Waals surface area contributed by atoms with Crippen LogP contribution in [0.2, 0.25) is 5.02 Å². The summed E-state index contributed by atoms with van der Waals surface area (Å²) in [5.41, 5.74) is 1.14. The van der Waals surface area contributed by atoms with Gasteiger partial charge in [-0.25, -0.2) is 4.99 Å². The maximum Gasteiger partial charge on any atom is 0.194 e. The SMILES string of the molecule is CCNC(=NCc1nnc2n1CCCCC2)N(C)Cc1cc(Cl)cn1C.I. The monoisotopic (exact) mass is 505 g/mol. The van der Waals surface area contributed by atoms with E-state index < -0.39 is 0 Å². The van der Waals surface area contributed by atoms with Crippen LogP contribution < -0.4 is 5.32 Å². The molecule has 0 aliphatic carbocycles. The number of fused-ring (bicyclic) bond motifs is 1. The summed E-state index contributed by atoms with van der Waals surface area (Å²) in [5, 5.41) is 12.8. The molecule has 27 heavy (non-hydrogen) atoms. The lowest BCUT2D eigenvalue weighted by Crippen LogP contribution is -2.38. The van der Waals surface area contributed by atoms with Gasteiger partial charge in [0.2, 0.25) is 0 Å². The second-order valence-corrected chi connectivity index (χ2v) is 7.22. The van der Waals surface area contributed by atoms with E-state index in [1.54, 1.807) is 0 Å². The highest BCUT2D eigenvalue weighted by atomic mass is 127. The molecule has 0 bridgehead atoms. The third-order valence-electron chi connectivity index (χ3n) is 4.73. The quantitative estimate of drug-likeness (QED) is 0.385. The molecular formula is C18H29ClIN7. The molecule has 0 amide bonds. The van der Waals surface area contributed by atoms with Crippen LogP contribution in [0.4, 0.5) is 0 Å². The number of halogens is 2. The summed E-state index contributed by atoms with van der Waals surface area (Å²) in [4.78, 5) is 6.90. The highest BCUT2D eigenvalue weighted by Crippen LogP contribution is 2.16. The van der Waals surface area contributed by atoms with E-state index in [0.717, 1.165) is 54.4 Å². The molecule has 1 N–H and O–H groups in total. The van der Waals surface area contributed by atoms with Gasteiger partial charge in [0.1, 0.15) is 12.4 Å². The van der Waals surface area contributed by atoms with Gasteiger partial charge in [0.25, 0.3) is 0 Å². The van der Waals surface area contributed by atoms with Crippen LogP contribution in [0.3, 0.4) is 0 Å². The van der Waals surface area contributed by atoms with E-state index in [2.05, 4.69) is 31.9 Å². The molecule has 0 unspecified atom stereocenters. The summed E-state index contributed by atoms with van der Waals surface area (Å²) < 4.78 is 4.29. The van der Waals surface area contributed by atoms with E-state index in [4.69, 9.17) is 16.6 Å². The van der Waals surface area contributed by atoms with E-state index >= 15 is 0 Å². The lowest BCUT2D eigenvalue weighted by Gasteiger charge is -2.22. The van der Waals surface area contributed by atoms with Crippen molar-refractivity contribution in [2.75, 3.05) is 13.6 Å². The largest absolute Gasteiger partial charge is 0.357 e. The molecule has 2 aromatic rings. The predicted molar refractivity (Wildman–Crippen MR) is 120 cm³/mol. The highest BCUT2D eigenvalue weighted by molar-refractivity contribution is 14.0. The zero-order valence-corrected chi connectivity index (χ0v) is 19.4. The average molecular weight is 506 g/mol. The van der Waals surface area contributed by atoms with Gasteiger partial charge < -0.3 is 19.4 Å². The molecule has 0 saturated heterocycles. The van der Waals surface area contributed by atoms with Gasteiger partial charge in [-0.3, -0.25) is 0 Å². The molecule has 0 spiro atoms. The van der Waals surface area contributed by atoms with Crippen molar-refractivity contribution in [3.63, 3.8) is 0 Å². The summed E-state index contributed by atoms with van der Waals surface area (Å²) >= 11 is 6.10. The number of hydrogen-bond donors (Lipinski definition) is 1. The van der Waals surface area contributed by atoms with Crippen molar-refractivity contribution in [2.24, 2.45) is 12.0 Å². The van der Waals surface area contributed by atoms with Gasteiger partial charge in [0, 0.05) is 45.5 Å². The predicted octanol–water partition coefficient (Wildman–Crippen LogP) is 3.21. The van der Waals surface area contributed by atoms with Crippen LogP contribution in [-0.4, -0.2) is 43.8 Å². The number of aliphatic imine (C=N–C) groups is 1. The Labute approximate surface area is 183 Å². The topological polar surface area (TPSA) is 63.3 Å². The summed E-state index contributed by atoms with van der Waals surface area (Å²) in [6, 6.07) is 1.99. The van der Waals surface area contributed by atoms with E-state index in [-0.39, 0.29) is 24.0 Å². The first-order chi connectivity index (χ1) is 12.6. The summed E-state index contributed by atoms with van der Waals surface area (Å²) in [7, 11) is 4.04. The summed E-state index contributed by atoms with van der Waals surface area (Å²) in [6.07, 6.45) is 6.59. The van der Waals surface area contributed by atoms with Crippen molar-refractivity contribution >= 4 is 41.5 Å². The standard InChI is InChI=1S/C18H28ClN7.HI/c1-4-20-18(25(3)13-15-10-14(19)12-24(15)2)21-11-17-23-22-16-8-6-5-7-9-26(16)17;/h10,12H,4-9,11,13H2,1-3H3,(H,20,21);1H. The fourth-order valence-electron chi connectivity index (χ4n) is 3.32. The Bertz CT molecular complexity index is 768. The zero-order chi connectivity index (χ0) is 18.5. The number of aryl methyl sites for hydroxylation is 2. The van der Waals surface area contributed by atoms with Crippen molar-refractivity contribution < 1.29 is 0 Å². The van der Waals surface area contributed by atoms with Gasteiger partial charge in [-0.05, 0) is 25.8 Å². The first kappa shape index (κ1) is 22.0. The molecule has 7 nitrogen and oxygen atoms in total. The Morgan fingerprint density at radius 3 is 2.85 bits per heavy atom. The minimum atomic E-state index is 0. The van der Waals surface area contributed by atoms with E-state index in [0.29, 0.717) is 6.54 Å². The van der Waals surface area contributed by atoms with Crippen molar-refractivity contribution in [3.05, 3.63) is 34.6 Å². The fourth-order valence-corrected chi connectivity index (χ4v) is 3.59. The fraction of sp³-hybridized carbons (Fsp3) is 0.611. The van der Waals surface area contributed by atoms with Crippen LogP contribution >= 0.6 is 35.6 Å². The molecule has 1 aliphatic rings. The van der Waals surface area contributed by atoms with Crippen molar-refractivity contribution in [2.45, 2.75) is 52.2 Å². The smallest absolute Gasteiger partial charge is 0.194 e. The molecule has 1 aliphatic heterocycles. The molecule has 0 aromatic carbocycles. The Morgan fingerprint density at radius 1 is 1.33 bits per heavy atom. The molecule has 0 fully saturated rings. The van der Waals surface area contributed by atoms with Gasteiger partial charge in [0.15, 0.2) is 11.8 Å². The van der Waals surface area contributed by atoms with Gasteiger partial charge in [-0.15, -0.1) is 34.2 Å². The van der Waals surface area contributed by atoms with Crippen molar-refractivity contribution in [1.29, 1.82) is 0 Å². The van der Waals surface area contributed by atoms with Crippen LogP contribution in [0, 0.1) is 0 Å². The Kier molecular flexibility index (Phi) is 8.40. The Hall–Kier alpha value is -1.29. The number of hydrogen-bond acceptors (Lipinski definition) is 3. The molecule has 0 radical (unpaired) electrons. The van der Waals surface area contributed by atoms with E-state index in [1.807, 2.05) is 30.9 Å². The van der Waals surface area contributed by atoms with Crippen molar-refractivity contribution in [1.82, 2.24) is 29.5 Å².